The first kappa shape index (κ1) is 20.6. The molecule has 6 heteroatoms. The third-order valence-electron chi connectivity index (χ3n) is 4.75. The van der Waals surface area contributed by atoms with Gasteiger partial charge in [-0.3, -0.25) is 4.98 Å². The smallest absolute Gasteiger partial charge is 0.488 e. The Labute approximate surface area is 185 Å². The molecule has 4 rings (SSSR count). The van der Waals surface area contributed by atoms with Gasteiger partial charge in [-0.1, -0.05) is 30.3 Å². The van der Waals surface area contributed by atoms with E-state index in [1.54, 1.807) is 30.6 Å². The van der Waals surface area contributed by atoms with E-state index in [2.05, 4.69) is 4.98 Å². The van der Waals surface area contributed by atoms with Crippen molar-refractivity contribution in [2.75, 3.05) is 0 Å². The van der Waals surface area contributed by atoms with Gasteiger partial charge >= 0.3 is 35.5 Å². The molecule has 1 N–H and O–H groups in total. The van der Waals surface area contributed by atoms with Crippen LogP contribution in [0, 0.1) is 0 Å². The van der Waals surface area contributed by atoms with E-state index in [1.807, 2.05) is 43.3 Å². The van der Waals surface area contributed by atoms with Gasteiger partial charge < -0.3 is 14.6 Å². The molecule has 0 fully saturated rings. The molecular formula is C22H19NNaO4+. The summed E-state index contributed by atoms with van der Waals surface area (Å²) in [7, 11) is 0. The first-order valence-electron chi connectivity index (χ1n) is 8.76. The summed E-state index contributed by atoms with van der Waals surface area (Å²) in [6, 6.07) is 16.7. The normalized spacial score (nSPS) is 15.8. The molecule has 2 unspecified atom stereocenters. The monoisotopic (exact) mass is 384 g/mol. The van der Waals surface area contributed by atoms with Crippen molar-refractivity contribution in [1.29, 1.82) is 0 Å². The first-order valence-corrected chi connectivity index (χ1v) is 8.76. The quantitative estimate of drug-likeness (QED) is 0.692. The molecule has 136 valence electrons. The molecule has 0 bridgehead atoms. The van der Waals surface area contributed by atoms with Gasteiger partial charge in [-0.2, -0.15) is 0 Å². The summed E-state index contributed by atoms with van der Waals surface area (Å²) in [6.45, 7) is 2.38. The van der Waals surface area contributed by atoms with Crippen LogP contribution in [0.4, 0.5) is 0 Å². The molecule has 0 aliphatic carbocycles. The molecular weight excluding hydrogens is 365 g/mol. The van der Waals surface area contributed by atoms with Crippen LogP contribution in [0.2, 0.25) is 0 Å². The number of carboxylic acids is 1. The zero-order chi connectivity index (χ0) is 18.8. The fraction of sp³-hybridized carbons (Fsp3) is 0.182. The second-order valence-electron chi connectivity index (χ2n) is 6.49. The summed E-state index contributed by atoms with van der Waals surface area (Å²) in [5, 5.41) is 9.41. The minimum Gasteiger partial charge on any atom is -0.488 e. The van der Waals surface area contributed by atoms with Crippen molar-refractivity contribution in [3.8, 4) is 5.75 Å². The largest absolute Gasteiger partial charge is 1.00 e. The zero-order valence-electron chi connectivity index (χ0n) is 15.8. The topological polar surface area (TPSA) is 68.7 Å². The maximum atomic E-state index is 11.5. The minimum absolute atomic E-state index is 0. The van der Waals surface area contributed by atoms with Gasteiger partial charge in [0.1, 0.15) is 18.5 Å². The van der Waals surface area contributed by atoms with Crippen LogP contribution in [0.15, 0.2) is 67.0 Å². The molecule has 0 radical (unpaired) electrons. The molecule has 2 atom stereocenters. The fourth-order valence-corrected chi connectivity index (χ4v) is 3.31. The number of carboxylic acid groups (broad SMARTS) is 1. The first-order chi connectivity index (χ1) is 13.1. The third-order valence-corrected chi connectivity index (χ3v) is 4.75. The van der Waals surface area contributed by atoms with Crippen molar-refractivity contribution in [3.63, 3.8) is 0 Å². The Morgan fingerprint density at radius 2 is 2.00 bits per heavy atom. The number of nitrogens with zero attached hydrogens (tertiary/aromatic N) is 1. The third kappa shape index (κ3) is 4.13. The fourth-order valence-electron chi connectivity index (χ4n) is 3.31. The Morgan fingerprint density at radius 1 is 1.18 bits per heavy atom. The van der Waals surface area contributed by atoms with Gasteiger partial charge in [-0.05, 0) is 47.9 Å². The Balaban J connectivity index is 0.00000225. The predicted octanol–water partition coefficient (Wildman–Crippen LogP) is 1.54. The molecule has 1 aliphatic heterocycles. The molecule has 5 nitrogen and oxygen atoms in total. The van der Waals surface area contributed by atoms with Crippen LogP contribution in [-0.2, 0) is 11.3 Å². The van der Waals surface area contributed by atoms with Gasteiger partial charge in [0.15, 0.2) is 0 Å². The van der Waals surface area contributed by atoms with Crippen molar-refractivity contribution < 1.29 is 48.9 Å². The van der Waals surface area contributed by atoms with Crippen LogP contribution in [0.1, 0.15) is 51.7 Å². The SMILES string of the molecule is CC(OC1c2ccccc2COc2ccc(C(=O)O)cc21)c1cccnc1.[Na+]. The van der Waals surface area contributed by atoms with Crippen LogP contribution >= 0.6 is 0 Å². The van der Waals surface area contributed by atoms with Crippen molar-refractivity contribution in [3.05, 3.63) is 94.8 Å². The van der Waals surface area contributed by atoms with E-state index in [0.717, 1.165) is 22.3 Å². The number of aromatic carboxylic acids is 1. The van der Waals surface area contributed by atoms with E-state index >= 15 is 0 Å². The second-order valence-corrected chi connectivity index (χ2v) is 6.49. The predicted molar refractivity (Wildman–Crippen MR) is 99.8 cm³/mol. The number of fused-ring (bicyclic) bond motifs is 2. The maximum Gasteiger partial charge on any atom is 1.00 e. The summed E-state index contributed by atoms with van der Waals surface area (Å²) in [5.41, 5.74) is 3.88. The van der Waals surface area contributed by atoms with E-state index in [4.69, 9.17) is 9.47 Å². The molecule has 3 aromatic rings. The molecule has 1 aromatic heterocycles. The Hall–Kier alpha value is -2.18. The van der Waals surface area contributed by atoms with Crippen molar-refractivity contribution in [1.82, 2.24) is 4.98 Å². The van der Waals surface area contributed by atoms with Gasteiger partial charge in [-0.25, -0.2) is 4.79 Å². The Kier molecular flexibility index (Phi) is 6.52. The number of aromatic nitrogens is 1. The van der Waals surface area contributed by atoms with Crippen LogP contribution in [0.5, 0.6) is 5.75 Å². The summed E-state index contributed by atoms with van der Waals surface area (Å²) < 4.78 is 12.4. The number of ether oxygens (including phenoxy) is 2. The molecule has 0 amide bonds. The van der Waals surface area contributed by atoms with Gasteiger partial charge in [0, 0.05) is 18.0 Å². The number of rotatable bonds is 4. The number of hydrogen-bond acceptors (Lipinski definition) is 4. The van der Waals surface area contributed by atoms with Gasteiger partial charge in [-0.15, -0.1) is 0 Å². The molecule has 2 aromatic carbocycles. The molecule has 0 saturated heterocycles. The number of hydrogen-bond donors (Lipinski definition) is 1. The van der Waals surface area contributed by atoms with Gasteiger partial charge in [0.05, 0.1) is 11.7 Å². The molecule has 1 aliphatic rings. The summed E-state index contributed by atoms with van der Waals surface area (Å²) in [4.78, 5) is 15.6. The number of carbonyl (C=O) groups is 1. The average molecular weight is 384 g/mol. The van der Waals surface area contributed by atoms with E-state index in [1.165, 1.54) is 0 Å². The van der Waals surface area contributed by atoms with Gasteiger partial charge in [0.25, 0.3) is 0 Å². The second kappa shape index (κ2) is 8.88. The van der Waals surface area contributed by atoms with Gasteiger partial charge in [0.2, 0.25) is 0 Å². The molecule has 0 saturated carbocycles. The van der Waals surface area contributed by atoms with Crippen molar-refractivity contribution in [2.45, 2.75) is 25.7 Å². The maximum absolute atomic E-state index is 11.5. The van der Waals surface area contributed by atoms with Crippen LogP contribution in [0.25, 0.3) is 0 Å². The molecule has 28 heavy (non-hydrogen) atoms. The number of pyridine rings is 1. The number of benzene rings is 2. The Morgan fingerprint density at radius 3 is 2.75 bits per heavy atom. The van der Waals surface area contributed by atoms with Crippen LogP contribution in [-0.4, -0.2) is 16.1 Å². The summed E-state index contributed by atoms with van der Waals surface area (Å²) in [5.74, 6) is -0.339. The minimum atomic E-state index is -0.977. The van der Waals surface area contributed by atoms with Crippen LogP contribution in [0.3, 0.4) is 0 Å². The van der Waals surface area contributed by atoms with Crippen LogP contribution < -0.4 is 34.3 Å². The molecule has 0 spiro atoms. The Bertz CT molecular complexity index is 977. The standard InChI is InChI=1S/C22H19NO4.Na/c1-14(16-6-4-10-23-12-16)27-21-18-7-3-2-5-17(18)13-26-20-9-8-15(22(24)25)11-19(20)21;/h2-12,14,21H,13H2,1H3,(H,24,25);/q;+1. The zero-order valence-corrected chi connectivity index (χ0v) is 17.8. The van der Waals surface area contributed by atoms with E-state index < -0.39 is 12.1 Å². The summed E-state index contributed by atoms with van der Waals surface area (Å²) in [6.07, 6.45) is 2.84. The van der Waals surface area contributed by atoms with Crippen molar-refractivity contribution in [2.24, 2.45) is 0 Å². The van der Waals surface area contributed by atoms with E-state index in [-0.39, 0.29) is 41.2 Å². The van der Waals surface area contributed by atoms with Crippen molar-refractivity contribution >= 4 is 5.97 Å². The average Bonchev–Trinajstić information content (AvgIpc) is 2.85. The van der Waals surface area contributed by atoms with E-state index in [0.29, 0.717) is 12.4 Å². The molecule has 2 heterocycles. The van der Waals surface area contributed by atoms with E-state index in [9.17, 15) is 9.90 Å². The summed E-state index contributed by atoms with van der Waals surface area (Å²) >= 11 is 0.